The van der Waals surface area contributed by atoms with Crippen LogP contribution < -0.4 is 0 Å². The SMILES string of the molecule is CCCCc1ccc(C(=O)CN2CCCC2)cc1. The normalized spacial score (nSPS) is 16.1. The molecule has 0 bridgehead atoms. The highest BCUT2D eigenvalue weighted by molar-refractivity contribution is 5.97. The van der Waals surface area contributed by atoms with Crippen molar-refractivity contribution in [2.45, 2.75) is 39.0 Å². The zero-order chi connectivity index (χ0) is 12.8. The number of nitrogens with zero attached hydrogens (tertiary/aromatic N) is 1. The summed E-state index contributed by atoms with van der Waals surface area (Å²) >= 11 is 0. The van der Waals surface area contributed by atoms with Gasteiger partial charge in [-0.2, -0.15) is 0 Å². The van der Waals surface area contributed by atoms with Crippen molar-refractivity contribution in [3.8, 4) is 0 Å². The molecule has 1 saturated heterocycles. The lowest BCUT2D eigenvalue weighted by Gasteiger charge is -2.13. The van der Waals surface area contributed by atoms with Crippen molar-refractivity contribution in [3.63, 3.8) is 0 Å². The molecule has 0 aliphatic carbocycles. The second kappa shape index (κ2) is 6.69. The van der Waals surface area contributed by atoms with Crippen molar-refractivity contribution in [1.29, 1.82) is 0 Å². The highest BCUT2D eigenvalue weighted by atomic mass is 16.1. The number of unbranched alkanes of at least 4 members (excludes halogenated alkanes) is 1. The Bertz CT molecular complexity index is 377. The standard InChI is InChI=1S/C16H23NO/c1-2-3-6-14-7-9-15(10-8-14)16(18)13-17-11-4-5-12-17/h7-10H,2-6,11-13H2,1H3. The van der Waals surface area contributed by atoms with Gasteiger partial charge in [-0.1, -0.05) is 37.6 Å². The number of carbonyl (C=O) groups is 1. The number of benzene rings is 1. The largest absolute Gasteiger partial charge is 0.296 e. The van der Waals surface area contributed by atoms with Crippen molar-refractivity contribution in [1.82, 2.24) is 4.90 Å². The fraction of sp³-hybridized carbons (Fsp3) is 0.562. The van der Waals surface area contributed by atoms with Crippen LogP contribution in [0.1, 0.15) is 48.5 Å². The predicted octanol–water partition coefficient (Wildman–Crippen LogP) is 3.31. The summed E-state index contributed by atoms with van der Waals surface area (Å²) in [7, 11) is 0. The van der Waals surface area contributed by atoms with Crippen LogP contribution in [0.15, 0.2) is 24.3 Å². The minimum Gasteiger partial charge on any atom is -0.296 e. The van der Waals surface area contributed by atoms with Gasteiger partial charge in [-0.25, -0.2) is 0 Å². The molecule has 1 aliphatic rings. The fourth-order valence-corrected chi connectivity index (χ4v) is 2.47. The van der Waals surface area contributed by atoms with Gasteiger partial charge in [-0.15, -0.1) is 0 Å². The molecule has 0 amide bonds. The van der Waals surface area contributed by atoms with Crippen molar-refractivity contribution in [3.05, 3.63) is 35.4 Å². The summed E-state index contributed by atoms with van der Waals surface area (Å²) in [4.78, 5) is 14.3. The number of ketones is 1. The predicted molar refractivity (Wildman–Crippen MR) is 75.1 cm³/mol. The highest BCUT2D eigenvalue weighted by Gasteiger charge is 2.15. The van der Waals surface area contributed by atoms with Crippen LogP contribution >= 0.6 is 0 Å². The van der Waals surface area contributed by atoms with E-state index in [-0.39, 0.29) is 5.78 Å². The molecular weight excluding hydrogens is 222 g/mol. The van der Waals surface area contributed by atoms with Crippen molar-refractivity contribution in [2.24, 2.45) is 0 Å². The molecule has 1 fully saturated rings. The third-order valence-electron chi connectivity index (χ3n) is 3.66. The lowest BCUT2D eigenvalue weighted by Crippen LogP contribution is -2.26. The van der Waals surface area contributed by atoms with Gasteiger partial charge in [0.25, 0.3) is 0 Å². The first kappa shape index (κ1) is 13.3. The molecule has 0 spiro atoms. The first-order valence-electron chi connectivity index (χ1n) is 7.14. The number of likely N-dealkylation sites (tertiary alicyclic amines) is 1. The number of Topliss-reactive ketones (excluding diaryl/α,β-unsaturated/α-hetero) is 1. The molecule has 2 nitrogen and oxygen atoms in total. The van der Waals surface area contributed by atoms with Crippen molar-refractivity contribution >= 4 is 5.78 Å². The van der Waals surface area contributed by atoms with Crippen LogP contribution in [0.25, 0.3) is 0 Å². The lowest BCUT2D eigenvalue weighted by molar-refractivity contribution is 0.0945. The van der Waals surface area contributed by atoms with Gasteiger partial charge in [-0.3, -0.25) is 9.69 Å². The monoisotopic (exact) mass is 245 g/mol. The summed E-state index contributed by atoms with van der Waals surface area (Å²) in [5, 5.41) is 0. The zero-order valence-electron chi connectivity index (χ0n) is 11.3. The highest BCUT2D eigenvalue weighted by Crippen LogP contribution is 2.11. The van der Waals surface area contributed by atoms with E-state index in [4.69, 9.17) is 0 Å². The fourth-order valence-electron chi connectivity index (χ4n) is 2.47. The molecule has 2 heteroatoms. The minimum absolute atomic E-state index is 0.263. The second-order valence-corrected chi connectivity index (χ2v) is 5.21. The Morgan fingerprint density at radius 3 is 2.44 bits per heavy atom. The van der Waals surface area contributed by atoms with Gasteiger partial charge in [-0.05, 0) is 44.3 Å². The number of carbonyl (C=O) groups excluding carboxylic acids is 1. The molecule has 98 valence electrons. The number of hydrogen-bond donors (Lipinski definition) is 0. The van der Waals surface area contributed by atoms with Crippen molar-refractivity contribution < 1.29 is 4.79 Å². The van der Waals surface area contributed by atoms with Gasteiger partial charge in [0.1, 0.15) is 0 Å². The molecule has 0 atom stereocenters. The van der Waals surface area contributed by atoms with E-state index in [2.05, 4.69) is 24.0 Å². The van der Waals surface area contributed by atoms with Gasteiger partial charge in [0.2, 0.25) is 0 Å². The molecule has 0 N–H and O–H groups in total. The van der Waals surface area contributed by atoms with E-state index < -0.39 is 0 Å². The number of hydrogen-bond acceptors (Lipinski definition) is 2. The summed E-state index contributed by atoms with van der Waals surface area (Å²) in [6.45, 7) is 4.96. The average Bonchev–Trinajstić information content (AvgIpc) is 2.89. The van der Waals surface area contributed by atoms with E-state index in [1.165, 1.54) is 31.2 Å². The van der Waals surface area contributed by atoms with Crippen LogP contribution in [0.5, 0.6) is 0 Å². The molecule has 0 radical (unpaired) electrons. The maximum absolute atomic E-state index is 12.1. The number of rotatable bonds is 6. The van der Waals surface area contributed by atoms with Crippen LogP contribution in [0.3, 0.4) is 0 Å². The van der Waals surface area contributed by atoms with Crippen LogP contribution in [0.2, 0.25) is 0 Å². The minimum atomic E-state index is 0.263. The topological polar surface area (TPSA) is 20.3 Å². The summed E-state index contributed by atoms with van der Waals surface area (Å²) in [5.41, 5.74) is 2.21. The second-order valence-electron chi connectivity index (χ2n) is 5.21. The van der Waals surface area contributed by atoms with E-state index >= 15 is 0 Å². The van der Waals surface area contributed by atoms with Crippen LogP contribution in [0, 0.1) is 0 Å². The Morgan fingerprint density at radius 1 is 1.17 bits per heavy atom. The van der Waals surface area contributed by atoms with Gasteiger partial charge in [0.15, 0.2) is 5.78 Å². The van der Waals surface area contributed by atoms with Crippen LogP contribution in [0.4, 0.5) is 0 Å². The van der Waals surface area contributed by atoms with Gasteiger partial charge < -0.3 is 0 Å². The van der Waals surface area contributed by atoms with E-state index in [0.717, 1.165) is 25.1 Å². The molecule has 0 aromatic heterocycles. The average molecular weight is 245 g/mol. The van der Waals surface area contributed by atoms with Gasteiger partial charge in [0, 0.05) is 5.56 Å². The smallest absolute Gasteiger partial charge is 0.176 e. The molecule has 0 unspecified atom stereocenters. The van der Waals surface area contributed by atoms with E-state index in [0.29, 0.717) is 6.54 Å². The van der Waals surface area contributed by atoms with E-state index in [9.17, 15) is 4.79 Å². The Labute approximate surface area is 110 Å². The molecule has 1 aliphatic heterocycles. The lowest BCUT2D eigenvalue weighted by atomic mass is 10.0. The van der Waals surface area contributed by atoms with Crippen molar-refractivity contribution in [2.75, 3.05) is 19.6 Å². The summed E-state index contributed by atoms with van der Waals surface area (Å²) in [6.07, 6.45) is 6.04. The first-order valence-corrected chi connectivity index (χ1v) is 7.14. The first-order chi connectivity index (χ1) is 8.79. The third-order valence-corrected chi connectivity index (χ3v) is 3.66. The molecular formula is C16H23NO. The molecule has 1 aromatic carbocycles. The zero-order valence-corrected chi connectivity index (χ0v) is 11.3. The van der Waals surface area contributed by atoms with E-state index in [1.54, 1.807) is 0 Å². The maximum atomic E-state index is 12.1. The Morgan fingerprint density at radius 2 is 1.83 bits per heavy atom. The summed E-state index contributed by atoms with van der Waals surface area (Å²) < 4.78 is 0. The summed E-state index contributed by atoms with van der Waals surface area (Å²) in [5.74, 6) is 0.263. The van der Waals surface area contributed by atoms with Gasteiger partial charge in [0.05, 0.1) is 6.54 Å². The van der Waals surface area contributed by atoms with Crippen LogP contribution in [-0.4, -0.2) is 30.3 Å². The summed E-state index contributed by atoms with van der Waals surface area (Å²) in [6, 6.07) is 8.19. The number of aryl methyl sites for hydroxylation is 1. The third kappa shape index (κ3) is 3.67. The van der Waals surface area contributed by atoms with Crippen LogP contribution in [-0.2, 0) is 6.42 Å². The Balaban J connectivity index is 1.89. The molecule has 1 heterocycles. The van der Waals surface area contributed by atoms with E-state index in [1.807, 2.05) is 12.1 Å². The van der Waals surface area contributed by atoms with Gasteiger partial charge >= 0.3 is 0 Å². The Hall–Kier alpha value is -1.15. The molecule has 18 heavy (non-hydrogen) atoms. The molecule has 0 saturated carbocycles. The molecule has 1 aromatic rings. The molecule has 2 rings (SSSR count). The quantitative estimate of drug-likeness (QED) is 0.717. The Kier molecular flexibility index (Phi) is 4.94. The maximum Gasteiger partial charge on any atom is 0.176 e.